The molecule has 0 saturated carbocycles. The Morgan fingerprint density at radius 3 is 2.79 bits per heavy atom. The Kier molecular flexibility index (Phi) is 3.75. The van der Waals surface area contributed by atoms with E-state index in [1.54, 1.807) is 4.52 Å². The van der Waals surface area contributed by atoms with Crippen LogP contribution in [0.4, 0.5) is 5.95 Å². The predicted octanol–water partition coefficient (Wildman–Crippen LogP) is 2.04. The van der Waals surface area contributed by atoms with Crippen LogP contribution in [0.15, 0.2) is 18.3 Å². The number of pyridine rings is 1. The molecule has 2 rings (SSSR count). The second-order valence-corrected chi connectivity index (χ2v) is 6.20. The van der Waals surface area contributed by atoms with Gasteiger partial charge in [-0.15, -0.1) is 5.10 Å². The summed E-state index contributed by atoms with van der Waals surface area (Å²) in [5.41, 5.74) is 2.25. The van der Waals surface area contributed by atoms with E-state index in [9.17, 15) is 0 Å². The normalized spacial score (nSPS) is 12.3. The van der Waals surface area contributed by atoms with E-state index in [1.807, 2.05) is 18.3 Å². The molecule has 2 aromatic rings. The molecule has 104 valence electrons. The standard InChI is InChI=1S/C14H23N5/c1-11-6-7-19-12(8-11)16-13(17-19)15-9-14(2,3)10-18(4)5/h6-8H,9-10H2,1-5H3,(H,15,17). The van der Waals surface area contributed by atoms with Crippen molar-refractivity contribution >= 4 is 11.6 Å². The van der Waals surface area contributed by atoms with E-state index in [0.29, 0.717) is 5.95 Å². The average molecular weight is 261 g/mol. The van der Waals surface area contributed by atoms with Crippen LogP contribution in [0.25, 0.3) is 5.65 Å². The number of aryl methyl sites for hydroxylation is 1. The number of hydrogen-bond acceptors (Lipinski definition) is 4. The van der Waals surface area contributed by atoms with Crippen LogP contribution in [0.2, 0.25) is 0 Å². The second kappa shape index (κ2) is 5.17. The number of hydrogen-bond donors (Lipinski definition) is 1. The summed E-state index contributed by atoms with van der Waals surface area (Å²) in [7, 11) is 4.18. The van der Waals surface area contributed by atoms with Crippen molar-refractivity contribution in [3.8, 4) is 0 Å². The van der Waals surface area contributed by atoms with E-state index in [2.05, 4.69) is 55.2 Å². The van der Waals surface area contributed by atoms with Crippen LogP contribution in [-0.2, 0) is 0 Å². The Bertz CT molecular complexity index is 556. The molecule has 1 N–H and O–H groups in total. The third kappa shape index (κ3) is 3.67. The molecule has 5 nitrogen and oxygen atoms in total. The highest BCUT2D eigenvalue weighted by atomic mass is 15.3. The summed E-state index contributed by atoms with van der Waals surface area (Å²) in [6.45, 7) is 8.40. The molecule has 2 heterocycles. The number of nitrogens with zero attached hydrogens (tertiary/aromatic N) is 4. The first kappa shape index (κ1) is 13.8. The lowest BCUT2D eigenvalue weighted by atomic mass is 9.93. The van der Waals surface area contributed by atoms with Crippen LogP contribution < -0.4 is 5.32 Å². The first-order valence-electron chi connectivity index (χ1n) is 6.57. The van der Waals surface area contributed by atoms with Gasteiger partial charge in [-0.3, -0.25) is 0 Å². The summed E-state index contributed by atoms with van der Waals surface area (Å²) in [6, 6.07) is 4.06. The van der Waals surface area contributed by atoms with Crippen molar-refractivity contribution in [2.45, 2.75) is 20.8 Å². The largest absolute Gasteiger partial charge is 0.352 e. The van der Waals surface area contributed by atoms with Crippen LogP contribution in [0.1, 0.15) is 19.4 Å². The van der Waals surface area contributed by atoms with Crippen molar-refractivity contribution in [2.24, 2.45) is 5.41 Å². The van der Waals surface area contributed by atoms with E-state index in [0.717, 1.165) is 18.7 Å². The molecule has 0 unspecified atom stereocenters. The second-order valence-electron chi connectivity index (χ2n) is 6.20. The molecule has 0 spiro atoms. The Hall–Kier alpha value is -1.62. The SMILES string of the molecule is Cc1ccn2nc(NCC(C)(C)CN(C)C)nc2c1. The van der Waals surface area contributed by atoms with Gasteiger partial charge in [0.05, 0.1) is 0 Å². The minimum Gasteiger partial charge on any atom is -0.352 e. The van der Waals surface area contributed by atoms with Gasteiger partial charge < -0.3 is 10.2 Å². The molecular weight excluding hydrogens is 238 g/mol. The van der Waals surface area contributed by atoms with Crippen molar-refractivity contribution in [1.82, 2.24) is 19.5 Å². The molecule has 0 aliphatic carbocycles. The van der Waals surface area contributed by atoms with E-state index in [1.165, 1.54) is 5.56 Å². The van der Waals surface area contributed by atoms with Crippen molar-refractivity contribution < 1.29 is 0 Å². The highest BCUT2D eigenvalue weighted by molar-refractivity contribution is 5.45. The fraction of sp³-hybridized carbons (Fsp3) is 0.571. The number of fused-ring (bicyclic) bond motifs is 1. The Labute approximate surface area is 114 Å². The monoisotopic (exact) mass is 261 g/mol. The fourth-order valence-corrected chi connectivity index (χ4v) is 2.29. The van der Waals surface area contributed by atoms with Gasteiger partial charge in [0.15, 0.2) is 5.65 Å². The number of nitrogens with one attached hydrogen (secondary N) is 1. The topological polar surface area (TPSA) is 45.5 Å². The molecule has 2 aromatic heterocycles. The highest BCUT2D eigenvalue weighted by Crippen LogP contribution is 2.16. The molecule has 0 aliphatic rings. The molecule has 5 heteroatoms. The zero-order valence-electron chi connectivity index (χ0n) is 12.4. The first-order valence-corrected chi connectivity index (χ1v) is 6.57. The third-order valence-corrected chi connectivity index (χ3v) is 2.96. The Balaban J connectivity index is 2.05. The van der Waals surface area contributed by atoms with Gasteiger partial charge >= 0.3 is 0 Å². The summed E-state index contributed by atoms with van der Waals surface area (Å²) in [4.78, 5) is 6.68. The van der Waals surface area contributed by atoms with Gasteiger partial charge in [-0.05, 0) is 44.1 Å². The third-order valence-electron chi connectivity index (χ3n) is 2.96. The molecule has 0 atom stereocenters. The Morgan fingerprint density at radius 2 is 2.11 bits per heavy atom. The minimum atomic E-state index is 0.177. The van der Waals surface area contributed by atoms with E-state index in [4.69, 9.17) is 0 Å². The molecular formula is C14H23N5. The molecule has 0 amide bonds. The van der Waals surface area contributed by atoms with Gasteiger partial charge in [-0.25, -0.2) is 4.52 Å². The smallest absolute Gasteiger partial charge is 0.243 e. The summed E-state index contributed by atoms with van der Waals surface area (Å²) in [6.07, 6.45) is 1.94. The first-order chi connectivity index (χ1) is 8.85. The minimum absolute atomic E-state index is 0.177. The van der Waals surface area contributed by atoms with Gasteiger partial charge in [-0.1, -0.05) is 13.8 Å². The fourth-order valence-electron chi connectivity index (χ4n) is 2.29. The molecule has 0 aliphatic heterocycles. The van der Waals surface area contributed by atoms with Crippen molar-refractivity contribution in [3.05, 3.63) is 23.9 Å². The van der Waals surface area contributed by atoms with Crippen molar-refractivity contribution in [2.75, 3.05) is 32.5 Å². The number of aromatic nitrogens is 3. The molecule has 0 aromatic carbocycles. The van der Waals surface area contributed by atoms with Gasteiger partial charge in [0, 0.05) is 19.3 Å². The van der Waals surface area contributed by atoms with E-state index >= 15 is 0 Å². The number of anilines is 1. The van der Waals surface area contributed by atoms with Gasteiger partial charge in [-0.2, -0.15) is 4.98 Å². The maximum Gasteiger partial charge on any atom is 0.243 e. The Morgan fingerprint density at radius 1 is 1.37 bits per heavy atom. The molecule has 19 heavy (non-hydrogen) atoms. The van der Waals surface area contributed by atoms with Gasteiger partial charge in [0.1, 0.15) is 0 Å². The molecule has 0 bridgehead atoms. The lowest BCUT2D eigenvalue weighted by Gasteiger charge is -2.28. The maximum atomic E-state index is 4.48. The van der Waals surface area contributed by atoms with Crippen LogP contribution in [0.5, 0.6) is 0 Å². The van der Waals surface area contributed by atoms with Crippen LogP contribution in [0, 0.1) is 12.3 Å². The zero-order valence-corrected chi connectivity index (χ0v) is 12.4. The molecule has 0 radical (unpaired) electrons. The van der Waals surface area contributed by atoms with Crippen LogP contribution in [-0.4, -0.2) is 46.7 Å². The lowest BCUT2D eigenvalue weighted by molar-refractivity contribution is 0.254. The maximum absolute atomic E-state index is 4.48. The quantitative estimate of drug-likeness (QED) is 0.894. The summed E-state index contributed by atoms with van der Waals surface area (Å²) in [5, 5.41) is 7.75. The highest BCUT2D eigenvalue weighted by Gasteiger charge is 2.19. The number of rotatable bonds is 5. The van der Waals surface area contributed by atoms with E-state index in [-0.39, 0.29) is 5.41 Å². The average Bonchev–Trinajstić information content (AvgIpc) is 2.66. The molecule has 0 saturated heterocycles. The van der Waals surface area contributed by atoms with Crippen LogP contribution in [0.3, 0.4) is 0 Å². The van der Waals surface area contributed by atoms with Gasteiger partial charge in [0.25, 0.3) is 0 Å². The van der Waals surface area contributed by atoms with Crippen LogP contribution >= 0.6 is 0 Å². The predicted molar refractivity (Wildman–Crippen MR) is 78.5 cm³/mol. The lowest BCUT2D eigenvalue weighted by Crippen LogP contribution is -2.34. The van der Waals surface area contributed by atoms with Crippen molar-refractivity contribution in [1.29, 1.82) is 0 Å². The summed E-state index contributed by atoms with van der Waals surface area (Å²) in [5.74, 6) is 0.692. The van der Waals surface area contributed by atoms with Gasteiger partial charge in [0.2, 0.25) is 5.95 Å². The van der Waals surface area contributed by atoms with Crippen molar-refractivity contribution in [3.63, 3.8) is 0 Å². The molecule has 0 fully saturated rings. The summed E-state index contributed by atoms with van der Waals surface area (Å²) >= 11 is 0. The zero-order chi connectivity index (χ0) is 14.0. The van der Waals surface area contributed by atoms with E-state index < -0.39 is 0 Å². The summed E-state index contributed by atoms with van der Waals surface area (Å²) < 4.78 is 1.80.